The number of nitrogens with one attached hydrogen (secondary N) is 2. The number of sulfonamides is 1. The fourth-order valence-electron chi connectivity index (χ4n) is 5.07. The lowest BCUT2D eigenvalue weighted by Gasteiger charge is -2.36. The van der Waals surface area contributed by atoms with Gasteiger partial charge in [0.05, 0.1) is 12.4 Å². The van der Waals surface area contributed by atoms with Gasteiger partial charge in [-0.2, -0.15) is 4.31 Å². The molecule has 0 radical (unpaired) electrons. The minimum atomic E-state index is -3.52. The number of rotatable bonds is 6. The van der Waals surface area contributed by atoms with Gasteiger partial charge in [0.15, 0.2) is 5.03 Å². The highest BCUT2D eigenvalue weighted by molar-refractivity contribution is 7.92. The average molecular weight is 549 g/mol. The molecule has 0 spiro atoms. The number of nitrogens with zero attached hydrogens (tertiary/aromatic N) is 6. The highest BCUT2D eigenvalue weighted by Gasteiger charge is 2.34. The van der Waals surface area contributed by atoms with Crippen LogP contribution in [0.3, 0.4) is 0 Å². The quantitative estimate of drug-likeness (QED) is 0.377. The number of hydrogen-bond donors (Lipinski definition) is 2. The predicted octanol–water partition coefficient (Wildman–Crippen LogP) is 3.59. The Bertz CT molecular complexity index is 1650. The molecule has 0 saturated carbocycles. The van der Waals surface area contributed by atoms with E-state index in [2.05, 4.69) is 25.2 Å². The second kappa shape index (κ2) is 9.86. The summed E-state index contributed by atoms with van der Waals surface area (Å²) in [5.74, 6) is 0.132. The number of H-pyrrole nitrogens is 1. The SMILES string of the molecule is CN1C=C(S(=O)(=O)N2CCN(c3ccc(Nc4nccc(-c5c[nH]c6ccc(F)cc56)n4)cc3)CC2)N(C)C1. The van der Waals surface area contributed by atoms with Crippen molar-refractivity contribution in [1.82, 2.24) is 29.1 Å². The van der Waals surface area contributed by atoms with Crippen molar-refractivity contribution in [2.45, 2.75) is 0 Å². The van der Waals surface area contributed by atoms with Gasteiger partial charge in [-0.25, -0.2) is 22.8 Å². The summed E-state index contributed by atoms with van der Waals surface area (Å²) in [7, 11) is 0.143. The van der Waals surface area contributed by atoms with E-state index in [1.165, 1.54) is 12.1 Å². The van der Waals surface area contributed by atoms with Crippen LogP contribution in [-0.4, -0.2) is 84.4 Å². The Kier molecular flexibility index (Phi) is 6.35. The lowest BCUT2D eigenvalue weighted by molar-refractivity contribution is 0.328. The zero-order valence-electron chi connectivity index (χ0n) is 21.7. The first kappa shape index (κ1) is 25.1. The lowest BCUT2D eigenvalue weighted by Crippen LogP contribution is -2.49. The van der Waals surface area contributed by atoms with E-state index >= 15 is 0 Å². The molecule has 1 saturated heterocycles. The summed E-state index contributed by atoms with van der Waals surface area (Å²) in [6.07, 6.45) is 5.17. The third kappa shape index (κ3) is 4.88. The minimum Gasteiger partial charge on any atom is -0.369 e. The number of fused-ring (bicyclic) bond motifs is 1. The third-order valence-corrected chi connectivity index (χ3v) is 9.04. The van der Waals surface area contributed by atoms with Crippen molar-refractivity contribution < 1.29 is 12.8 Å². The normalized spacial score (nSPS) is 16.7. The van der Waals surface area contributed by atoms with Gasteiger partial charge in [0.1, 0.15) is 5.82 Å². The number of piperazine rings is 1. The first-order chi connectivity index (χ1) is 18.8. The molecule has 6 rings (SSSR count). The van der Waals surface area contributed by atoms with E-state index in [-0.39, 0.29) is 5.82 Å². The highest BCUT2D eigenvalue weighted by atomic mass is 32.2. The van der Waals surface area contributed by atoms with Gasteiger partial charge in [-0.05, 0) is 48.5 Å². The van der Waals surface area contributed by atoms with Crippen molar-refractivity contribution in [1.29, 1.82) is 0 Å². The second-order valence-electron chi connectivity index (χ2n) is 9.78. The summed E-state index contributed by atoms with van der Waals surface area (Å²) in [6.45, 7) is 2.63. The van der Waals surface area contributed by atoms with Crippen molar-refractivity contribution in [3.8, 4) is 11.3 Å². The number of hydrogen-bond acceptors (Lipinski definition) is 8. The Morgan fingerprint density at radius 1 is 1.00 bits per heavy atom. The monoisotopic (exact) mass is 548 g/mol. The highest BCUT2D eigenvalue weighted by Crippen LogP contribution is 2.29. The third-order valence-electron chi connectivity index (χ3n) is 7.05. The summed E-state index contributed by atoms with van der Waals surface area (Å²) >= 11 is 0. The first-order valence-corrected chi connectivity index (χ1v) is 14.1. The van der Waals surface area contributed by atoms with E-state index in [9.17, 15) is 12.8 Å². The average Bonchev–Trinajstić information content (AvgIpc) is 3.51. The molecule has 0 unspecified atom stereocenters. The van der Waals surface area contributed by atoms with Crippen molar-refractivity contribution >= 4 is 38.2 Å². The summed E-state index contributed by atoms with van der Waals surface area (Å²) in [6, 6.07) is 14.3. The number of aromatic amines is 1. The number of benzene rings is 2. The van der Waals surface area contributed by atoms with Crippen LogP contribution in [0.1, 0.15) is 0 Å². The molecule has 12 heteroatoms. The maximum Gasteiger partial charge on any atom is 0.260 e. The molecular weight excluding hydrogens is 519 g/mol. The molecule has 1 fully saturated rings. The van der Waals surface area contributed by atoms with Gasteiger partial charge in [0.25, 0.3) is 10.0 Å². The number of halogens is 1. The number of anilines is 3. The fourth-order valence-corrected chi connectivity index (χ4v) is 6.75. The molecule has 2 aromatic heterocycles. The molecule has 2 N–H and O–H groups in total. The summed E-state index contributed by atoms with van der Waals surface area (Å²) in [5.41, 5.74) is 4.16. The predicted molar refractivity (Wildman–Crippen MR) is 150 cm³/mol. The van der Waals surface area contributed by atoms with Gasteiger partial charge in [-0.1, -0.05) is 0 Å². The van der Waals surface area contributed by atoms with E-state index in [1.807, 2.05) is 42.4 Å². The Balaban J connectivity index is 1.11. The summed E-state index contributed by atoms with van der Waals surface area (Å²) in [4.78, 5) is 17.9. The van der Waals surface area contributed by atoms with E-state index in [0.29, 0.717) is 49.5 Å². The smallest absolute Gasteiger partial charge is 0.260 e. The van der Waals surface area contributed by atoms with Gasteiger partial charge in [-0.15, -0.1) is 0 Å². The van der Waals surface area contributed by atoms with Crippen LogP contribution in [0.5, 0.6) is 0 Å². The Labute approximate surface area is 226 Å². The Hall–Kier alpha value is -4.16. The Morgan fingerprint density at radius 2 is 1.77 bits per heavy atom. The zero-order chi connectivity index (χ0) is 27.1. The molecule has 0 aliphatic carbocycles. The largest absolute Gasteiger partial charge is 0.369 e. The van der Waals surface area contributed by atoms with Crippen molar-refractivity contribution in [3.63, 3.8) is 0 Å². The second-order valence-corrected chi connectivity index (χ2v) is 11.7. The van der Waals surface area contributed by atoms with E-state index in [4.69, 9.17) is 0 Å². The van der Waals surface area contributed by atoms with Crippen LogP contribution in [-0.2, 0) is 10.0 Å². The molecule has 2 aliphatic rings. The molecule has 39 heavy (non-hydrogen) atoms. The van der Waals surface area contributed by atoms with Crippen molar-refractivity contribution in [3.05, 3.63) is 78.0 Å². The van der Waals surface area contributed by atoms with E-state index < -0.39 is 10.0 Å². The first-order valence-electron chi connectivity index (χ1n) is 12.6. The zero-order valence-corrected chi connectivity index (χ0v) is 22.5. The molecule has 202 valence electrons. The Morgan fingerprint density at radius 3 is 2.49 bits per heavy atom. The molecule has 0 amide bonds. The van der Waals surface area contributed by atoms with Gasteiger partial charge >= 0.3 is 0 Å². The van der Waals surface area contributed by atoms with Crippen LogP contribution >= 0.6 is 0 Å². The molecule has 4 aromatic rings. The van der Waals surface area contributed by atoms with Gasteiger partial charge in [0.2, 0.25) is 5.95 Å². The summed E-state index contributed by atoms with van der Waals surface area (Å²) in [5, 5.41) is 4.34. The van der Waals surface area contributed by atoms with Crippen molar-refractivity contribution in [2.75, 3.05) is 57.2 Å². The van der Waals surface area contributed by atoms with Crippen molar-refractivity contribution in [2.24, 2.45) is 0 Å². The minimum absolute atomic E-state index is 0.300. The van der Waals surface area contributed by atoms with Crippen LogP contribution < -0.4 is 10.2 Å². The van der Waals surface area contributed by atoms with Crippen LogP contribution in [0, 0.1) is 5.82 Å². The molecule has 10 nitrogen and oxygen atoms in total. The number of aromatic nitrogens is 3. The fraction of sp³-hybridized carbons (Fsp3) is 0.259. The van der Waals surface area contributed by atoms with Crippen LogP contribution in [0.2, 0.25) is 0 Å². The van der Waals surface area contributed by atoms with Crippen LogP contribution in [0.15, 0.2) is 72.2 Å². The molecule has 4 heterocycles. The standard InChI is InChI=1S/C27H29FN8O2S/c1-33-17-26(34(2)18-33)39(37,38)36-13-11-35(12-14-36)21-6-4-20(5-7-21)31-27-29-10-9-25(32-27)23-16-30-24-8-3-19(28)15-22(23)24/h3-10,15-17,30H,11-14,18H2,1-2H3,(H,29,31,32). The molecule has 2 aliphatic heterocycles. The van der Waals surface area contributed by atoms with Gasteiger partial charge in [0, 0.05) is 86.7 Å². The van der Waals surface area contributed by atoms with E-state index in [1.54, 1.807) is 40.8 Å². The maximum absolute atomic E-state index is 13.8. The lowest BCUT2D eigenvalue weighted by atomic mass is 10.1. The molecule has 0 bridgehead atoms. The van der Waals surface area contributed by atoms with Gasteiger partial charge in [-0.3, -0.25) is 0 Å². The topological polar surface area (TPSA) is 101 Å². The maximum atomic E-state index is 13.8. The van der Waals surface area contributed by atoms with Crippen LogP contribution in [0.4, 0.5) is 21.7 Å². The summed E-state index contributed by atoms with van der Waals surface area (Å²) < 4.78 is 41.6. The molecular formula is C27H29FN8O2S. The molecule has 0 atom stereocenters. The van der Waals surface area contributed by atoms with Gasteiger partial charge < -0.3 is 25.0 Å². The molecule has 2 aromatic carbocycles. The van der Waals surface area contributed by atoms with E-state index in [0.717, 1.165) is 27.8 Å². The van der Waals surface area contributed by atoms with Crippen LogP contribution in [0.25, 0.3) is 22.2 Å².